The number of hydrogen-bond donors (Lipinski definition) is 1. The fourth-order valence-corrected chi connectivity index (χ4v) is 2.36. The van der Waals surface area contributed by atoms with Crippen molar-refractivity contribution in [2.24, 2.45) is 0 Å². The zero-order valence-electron chi connectivity index (χ0n) is 11.6. The van der Waals surface area contributed by atoms with Crippen LogP contribution in [0.5, 0.6) is 5.75 Å². The van der Waals surface area contributed by atoms with Crippen LogP contribution in [-0.4, -0.2) is 21.6 Å². The summed E-state index contributed by atoms with van der Waals surface area (Å²) in [5.41, 5.74) is 7.68. The van der Waals surface area contributed by atoms with Crippen LogP contribution < -0.4 is 10.5 Å². The van der Waals surface area contributed by atoms with Crippen LogP contribution in [-0.2, 0) is 0 Å². The molecule has 2 heterocycles. The molecule has 3 aromatic rings. The van der Waals surface area contributed by atoms with Crippen LogP contribution in [0.3, 0.4) is 0 Å². The molecule has 0 aliphatic carbocycles. The second-order valence-electron chi connectivity index (χ2n) is 4.65. The van der Waals surface area contributed by atoms with Gasteiger partial charge in [-0.05, 0) is 26.0 Å². The first kappa shape index (κ1) is 12.5. The molecule has 0 fully saturated rings. The Morgan fingerprint density at radius 1 is 1.40 bits per heavy atom. The minimum Gasteiger partial charge on any atom is -0.494 e. The molecule has 6 nitrogen and oxygen atoms in total. The SMILES string of the molecule is COc1cccc2c1nc(N)n2C(C)c1ncc(C)o1. The predicted octanol–water partition coefficient (Wildman–Crippen LogP) is 2.53. The number of hydrogen-bond acceptors (Lipinski definition) is 5. The van der Waals surface area contributed by atoms with Gasteiger partial charge in [-0.25, -0.2) is 9.97 Å². The van der Waals surface area contributed by atoms with Crippen molar-refractivity contribution in [1.82, 2.24) is 14.5 Å². The van der Waals surface area contributed by atoms with Crippen LogP contribution >= 0.6 is 0 Å². The monoisotopic (exact) mass is 272 g/mol. The molecule has 2 N–H and O–H groups in total. The van der Waals surface area contributed by atoms with E-state index in [1.54, 1.807) is 13.3 Å². The Bertz CT molecular complexity index is 760. The number of ether oxygens (including phenoxy) is 1. The molecule has 0 radical (unpaired) electrons. The van der Waals surface area contributed by atoms with E-state index in [1.165, 1.54) is 0 Å². The minimum absolute atomic E-state index is 0.138. The molecule has 2 aromatic heterocycles. The number of aryl methyl sites for hydroxylation is 1. The van der Waals surface area contributed by atoms with Gasteiger partial charge in [0.2, 0.25) is 11.8 Å². The summed E-state index contributed by atoms with van der Waals surface area (Å²) < 4.78 is 12.8. The fourth-order valence-electron chi connectivity index (χ4n) is 2.36. The Hall–Kier alpha value is -2.50. The van der Waals surface area contributed by atoms with Crippen LogP contribution in [0.4, 0.5) is 5.95 Å². The van der Waals surface area contributed by atoms with E-state index in [2.05, 4.69) is 9.97 Å². The standard InChI is InChI=1S/C14H16N4O2/c1-8-7-16-13(20-8)9(2)18-10-5-4-6-11(19-3)12(10)17-14(18)15/h4-7,9H,1-3H3,(H2,15,17). The van der Waals surface area contributed by atoms with E-state index >= 15 is 0 Å². The highest BCUT2D eigenvalue weighted by atomic mass is 16.5. The van der Waals surface area contributed by atoms with Gasteiger partial charge in [-0.1, -0.05) is 6.07 Å². The summed E-state index contributed by atoms with van der Waals surface area (Å²) in [4.78, 5) is 8.64. The Kier molecular flexibility index (Phi) is 2.85. The smallest absolute Gasteiger partial charge is 0.217 e. The Morgan fingerprint density at radius 3 is 2.85 bits per heavy atom. The van der Waals surface area contributed by atoms with Crippen LogP contribution in [0, 0.1) is 6.92 Å². The average Bonchev–Trinajstić information content (AvgIpc) is 3.00. The zero-order valence-corrected chi connectivity index (χ0v) is 11.6. The first-order chi connectivity index (χ1) is 9.61. The van der Waals surface area contributed by atoms with Gasteiger partial charge in [0.05, 0.1) is 18.8 Å². The van der Waals surface area contributed by atoms with E-state index in [4.69, 9.17) is 14.9 Å². The van der Waals surface area contributed by atoms with Gasteiger partial charge in [0, 0.05) is 0 Å². The summed E-state index contributed by atoms with van der Waals surface area (Å²) in [5, 5.41) is 0. The molecule has 0 spiro atoms. The summed E-state index contributed by atoms with van der Waals surface area (Å²) >= 11 is 0. The van der Waals surface area contributed by atoms with Crippen molar-refractivity contribution in [2.75, 3.05) is 12.8 Å². The van der Waals surface area contributed by atoms with Gasteiger partial charge >= 0.3 is 0 Å². The number of nitrogens with two attached hydrogens (primary N) is 1. The number of aromatic nitrogens is 3. The molecule has 6 heteroatoms. The summed E-state index contributed by atoms with van der Waals surface area (Å²) in [6.07, 6.45) is 1.70. The molecule has 0 amide bonds. The molecule has 0 aliphatic rings. The fraction of sp³-hybridized carbons (Fsp3) is 0.286. The van der Waals surface area contributed by atoms with Crippen molar-refractivity contribution in [1.29, 1.82) is 0 Å². The van der Waals surface area contributed by atoms with Crippen molar-refractivity contribution in [3.63, 3.8) is 0 Å². The van der Waals surface area contributed by atoms with Crippen LogP contribution in [0.1, 0.15) is 24.6 Å². The topological polar surface area (TPSA) is 79.1 Å². The largest absolute Gasteiger partial charge is 0.494 e. The Labute approximate surface area is 116 Å². The number of nitrogen functional groups attached to an aromatic ring is 1. The van der Waals surface area contributed by atoms with E-state index in [-0.39, 0.29) is 6.04 Å². The molecule has 0 aliphatic heterocycles. The van der Waals surface area contributed by atoms with Crippen molar-refractivity contribution in [3.05, 3.63) is 36.0 Å². The number of methoxy groups -OCH3 is 1. The van der Waals surface area contributed by atoms with E-state index in [0.29, 0.717) is 17.6 Å². The molecule has 104 valence electrons. The third kappa shape index (κ3) is 1.80. The molecule has 0 bridgehead atoms. The third-order valence-corrected chi connectivity index (χ3v) is 3.31. The van der Waals surface area contributed by atoms with Crippen molar-refractivity contribution >= 4 is 17.0 Å². The number of benzene rings is 1. The van der Waals surface area contributed by atoms with Gasteiger partial charge in [-0.2, -0.15) is 0 Å². The molecule has 20 heavy (non-hydrogen) atoms. The number of nitrogens with zero attached hydrogens (tertiary/aromatic N) is 3. The number of fused-ring (bicyclic) bond motifs is 1. The lowest BCUT2D eigenvalue weighted by atomic mass is 10.2. The highest BCUT2D eigenvalue weighted by Crippen LogP contribution is 2.31. The number of para-hydroxylation sites is 1. The van der Waals surface area contributed by atoms with E-state index in [1.807, 2.05) is 36.6 Å². The molecule has 1 atom stereocenters. The molecule has 0 saturated heterocycles. The van der Waals surface area contributed by atoms with Gasteiger partial charge in [-0.3, -0.25) is 4.57 Å². The number of rotatable bonds is 3. The summed E-state index contributed by atoms with van der Waals surface area (Å²) in [6, 6.07) is 5.58. The number of oxazole rings is 1. The summed E-state index contributed by atoms with van der Waals surface area (Å²) in [7, 11) is 1.62. The molecule has 0 saturated carbocycles. The molecular formula is C14H16N4O2. The van der Waals surface area contributed by atoms with Crippen LogP contribution in [0.25, 0.3) is 11.0 Å². The van der Waals surface area contributed by atoms with Gasteiger partial charge < -0.3 is 14.9 Å². The first-order valence-corrected chi connectivity index (χ1v) is 6.34. The van der Waals surface area contributed by atoms with Crippen molar-refractivity contribution in [2.45, 2.75) is 19.9 Å². The van der Waals surface area contributed by atoms with E-state index in [9.17, 15) is 0 Å². The van der Waals surface area contributed by atoms with Crippen LogP contribution in [0.2, 0.25) is 0 Å². The van der Waals surface area contributed by atoms with Gasteiger partial charge in [-0.15, -0.1) is 0 Å². The lowest BCUT2D eigenvalue weighted by Crippen LogP contribution is -2.10. The van der Waals surface area contributed by atoms with Crippen LogP contribution in [0.15, 0.2) is 28.8 Å². The number of anilines is 1. The van der Waals surface area contributed by atoms with Crippen molar-refractivity contribution < 1.29 is 9.15 Å². The second kappa shape index (κ2) is 4.56. The highest BCUT2D eigenvalue weighted by molar-refractivity contribution is 5.84. The zero-order chi connectivity index (χ0) is 14.3. The third-order valence-electron chi connectivity index (χ3n) is 3.31. The average molecular weight is 272 g/mol. The summed E-state index contributed by atoms with van der Waals surface area (Å²) in [5.74, 6) is 2.49. The Morgan fingerprint density at radius 2 is 2.20 bits per heavy atom. The molecule has 3 rings (SSSR count). The molecular weight excluding hydrogens is 256 g/mol. The predicted molar refractivity (Wildman–Crippen MR) is 75.8 cm³/mol. The number of imidazole rings is 1. The normalized spacial score (nSPS) is 12.8. The van der Waals surface area contributed by atoms with Gasteiger partial charge in [0.1, 0.15) is 23.1 Å². The van der Waals surface area contributed by atoms with Gasteiger partial charge in [0.25, 0.3) is 0 Å². The maximum absolute atomic E-state index is 6.05. The van der Waals surface area contributed by atoms with Crippen molar-refractivity contribution in [3.8, 4) is 5.75 Å². The lowest BCUT2D eigenvalue weighted by Gasteiger charge is -2.12. The minimum atomic E-state index is -0.138. The second-order valence-corrected chi connectivity index (χ2v) is 4.65. The summed E-state index contributed by atoms with van der Waals surface area (Å²) in [6.45, 7) is 3.84. The highest BCUT2D eigenvalue weighted by Gasteiger charge is 2.20. The van der Waals surface area contributed by atoms with E-state index < -0.39 is 0 Å². The molecule has 1 aromatic carbocycles. The first-order valence-electron chi connectivity index (χ1n) is 6.34. The Balaban J connectivity index is 2.18. The van der Waals surface area contributed by atoms with Gasteiger partial charge in [0.15, 0.2) is 0 Å². The maximum atomic E-state index is 6.05. The molecule has 1 unspecified atom stereocenters. The van der Waals surface area contributed by atoms with E-state index in [0.717, 1.165) is 16.8 Å². The lowest BCUT2D eigenvalue weighted by molar-refractivity contribution is 0.418. The quantitative estimate of drug-likeness (QED) is 0.792. The maximum Gasteiger partial charge on any atom is 0.217 e.